The number of rotatable bonds is 8. The fraction of sp³-hybridized carbons (Fsp3) is 0.385. The summed E-state index contributed by atoms with van der Waals surface area (Å²) in [6.45, 7) is 8.38. The molecule has 0 aliphatic carbocycles. The first kappa shape index (κ1) is 28.6. The lowest BCUT2D eigenvalue weighted by Gasteiger charge is -2.17. The Balaban J connectivity index is 1.51. The molecule has 0 saturated carbocycles. The summed E-state index contributed by atoms with van der Waals surface area (Å²) in [4.78, 5) is 12.5. The molecule has 3 aromatic heterocycles. The van der Waals surface area contributed by atoms with Crippen molar-refractivity contribution in [1.82, 2.24) is 23.8 Å². The molecule has 1 aromatic carbocycles. The van der Waals surface area contributed by atoms with Gasteiger partial charge in [0, 0.05) is 41.8 Å². The van der Waals surface area contributed by atoms with Crippen molar-refractivity contribution in [2.75, 3.05) is 24.2 Å². The largest absolute Gasteiger partial charge is 0.378 e. The van der Waals surface area contributed by atoms with E-state index in [0.29, 0.717) is 52.8 Å². The Morgan fingerprint density at radius 2 is 1.93 bits per heavy atom. The number of nitrogens with two attached hydrogens (primary N) is 1. The van der Waals surface area contributed by atoms with Crippen molar-refractivity contribution in [3.63, 3.8) is 0 Å². The van der Waals surface area contributed by atoms with E-state index >= 15 is 0 Å². The molecule has 14 heteroatoms. The third kappa shape index (κ3) is 5.48. The quantitative estimate of drug-likeness (QED) is 0.277. The number of aromatic nitrogens is 4. The monoisotopic (exact) mass is 605 g/mol. The molecule has 1 aliphatic rings. The second kappa shape index (κ2) is 10.5. The highest BCUT2D eigenvalue weighted by molar-refractivity contribution is 7.89. The van der Waals surface area contributed by atoms with Crippen LogP contribution in [0.5, 0.6) is 0 Å². The van der Waals surface area contributed by atoms with E-state index in [1.165, 1.54) is 10.5 Å². The molecule has 11 nitrogen and oxygen atoms in total. The van der Waals surface area contributed by atoms with E-state index in [-0.39, 0.29) is 17.5 Å². The number of imidazole rings is 1. The van der Waals surface area contributed by atoms with E-state index in [1.54, 1.807) is 13.0 Å². The zero-order valence-electron chi connectivity index (χ0n) is 22.7. The van der Waals surface area contributed by atoms with Gasteiger partial charge >= 0.3 is 0 Å². The highest BCUT2D eigenvalue weighted by Gasteiger charge is 2.31. The summed E-state index contributed by atoms with van der Waals surface area (Å²) in [5.74, 6) is 0.423. The Labute approximate surface area is 238 Å². The summed E-state index contributed by atoms with van der Waals surface area (Å²) >= 11 is 6.55. The van der Waals surface area contributed by atoms with Crippen molar-refractivity contribution in [2.45, 2.75) is 45.9 Å². The number of nitrogens with one attached hydrogen (secondary N) is 2. The number of hydrogen-bond acceptors (Lipinski definition) is 7. The second-order valence-electron chi connectivity index (χ2n) is 10.2. The summed E-state index contributed by atoms with van der Waals surface area (Å²) in [5, 5.41) is 9.11. The van der Waals surface area contributed by atoms with Gasteiger partial charge in [-0.25, -0.2) is 31.9 Å². The van der Waals surface area contributed by atoms with Crippen LogP contribution in [0.15, 0.2) is 30.5 Å². The Kier molecular flexibility index (Phi) is 7.46. The maximum atomic E-state index is 12.3. The van der Waals surface area contributed by atoms with Crippen molar-refractivity contribution in [2.24, 2.45) is 5.14 Å². The molecule has 1 saturated heterocycles. The molecular formula is C26H32ClN7O4S2. The SMILES string of the molecule is CCS(=O)(=O)N1CC[C@H](Nc2c(Cl)cnc3nc(-c4cc(C)n(-c5cc(CS(N)(=O)=O)ccc5C)c4C)[nH]c23)C1. The number of aryl methyl sites for hydroxylation is 2. The maximum Gasteiger partial charge on any atom is 0.213 e. The van der Waals surface area contributed by atoms with Crippen molar-refractivity contribution >= 4 is 48.5 Å². The van der Waals surface area contributed by atoms with Crippen LogP contribution in [0.3, 0.4) is 0 Å². The van der Waals surface area contributed by atoms with Crippen molar-refractivity contribution in [1.29, 1.82) is 0 Å². The number of pyridine rings is 1. The van der Waals surface area contributed by atoms with E-state index in [1.807, 2.05) is 39.0 Å². The number of anilines is 1. The molecule has 5 rings (SSSR count). The number of fused-ring (bicyclic) bond motifs is 1. The topological polar surface area (TPSA) is 156 Å². The van der Waals surface area contributed by atoms with Gasteiger partial charge < -0.3 is 14.9 Å². The van der Waals surface area contributed by atoms with Crippen molar-refractivity contribution < 1.29 is 16.8 Å². The predicted molar refractivity (Wildman–Crippen MR) is 158 cm³/mol. The van der Waals surface area contributed by atoms with Gasteiger partial charge in [0.1, 0.15) is 11.3 Å². The Morgan fingerprint density at radius 1 is 1.18 bits per heavy atom. The van der Waals surface area contributed by atoms with Gasteiger partial charge in [0.05, 0.1) is 28.4 Å². The lowest BCUT2D eigenvalue weighted by molar-refractivity contribution is 0.476. The van der Waals surface area contributed by atoms with E-state index in [0.717, 1.165) is 28.2 Å². The number of sulfonamides is 2. The molecule has 1 aliphatic heterocycles. The Morgan fingerprint density at radius 3 is 2.62 bits per heavy atom. The minimum atomic E-state index is -3.67. The smallest absolute Gasteiger partial charge is 0.213 e. The Hall–Kier alpha value is -2.97. The predicted octanol–water partition coefficient (Wildman–Crippen LogP) is 3.62. The van der Waals surface area contributed by atoms with Crippen LogP contribution in [0.4, 0.5) is 5.69 Å². The molecule has 0 spiro atoms. The lowest BCUT2D eigenvalue weighted by Crippen LogP contribution is -2.32. The normalized spacial score (nSPS) is 16.7. The maximum absolute atomic E-state index is 12.3. The van der Waals surface area contributed by atoms with Gasteiger partial charge in [-0.2, -0.15) is 4.31 Å². The van der Waals surface area contributed by atoms with Crippen LogP contribution in [0.1, 0.15) is 35.9 Å². The van der Waals surface area contributed by atoms with E-state index in [2.05, 4.69) is 19.9 Å². The summed E-state index contributed by atoms with van der Waals surface area (Å²) < 4.78 is 51.6. The number of H-pyrrole nitrogens is 1. The van der Waals surface area contributed by atoms with E-state index < -0.39 is 20.0 Å². The molecule has 4 aromatic rings. The molecule has 1 fully saturated rings. The standard InChI is InChI=1S/C26H32ClN7O4S2/c1-5-40(37,38)33-9-8-19(13-33)30-23-21(27)12-29-26-24(23)31-25(32-26)20-10-16(3)34(17(20)4)22-11-18(7-6-15(22)2)14-39(28,35)36/h6-7,10-12,19H,5,8-9,13-14H2,1-4H3,(H2,28,35,36)(H2,29,30,31,32)/t19-/m0/s1. The first-order valence-electron chi connectivity index (χ1n) is 12.9. The first-order valence-corrected chi connectivity index (χ1v) is 16.6. The van der Waals surface area contributed by atoms with Crippen LogP contribution in [0.25, 0.3) is 28.2 Å². The molecule has 0 amide bonds. The average Bonchev–Trinajstić information content (AvgIpc) is 3.59. The van der Waals surface area contributed by atoms with Crippen molar-refractivity contribution in [3.8, 4) is 17.1 Å². The highest BCUT2D eigenvalue weighted by atomic mass is 35.5. The third-order valence-electron chi connectivity index (χ3n) is 7.30. The van der Waals surface area contributed by atoms with Gasteiger partial charge in [0.25, 0.3) is 0 Å². The average molecular weight is 606 g/mol. The fourth-order valence-corrected chi connectivity index (χ4v) is 7.28. The molecule has 0 radical (unpaired) electrons. The van der Waals surface area contributed by atoms with Crippen LogP contribution in [0.2, 0.25) is 5.02 Å². The van der Waals surface area contributed by atoms with Crippen molar-refractivity contribution in [3.05, 3.63) is 58.0 Å². The molecule has 0 unspecified atom stereocenters. The molecule has 4 N–H and O–H groups in total. The molecule has 40 heavy (non-hydrogen) atoms. The summed E-state index contributed by atoms with van der Waals surface area (Å²) in [5.41, 5.74) is 6.89. The number of benzene rings is 1. The Bertz CT molecular complexity index is 1830. The van der Waals surface area contributed by atoms with Gasteiger partial charge in [-0.05, 0) is 57.4 Å². The molecule has 214 valence electrons. The fourth-order valence-electron chi connectivity index (χ4n) is 5.28. The zero-order chi connectivity index (χ0) is 29.0. The summed E-state index contributed by atoms with van der Waals surface area (Å²) in [6.07, 6.45) is 2.20. The lowest BCUT2D eigenvalue weighted by atomic mass is 10.1. The van der Waals surface area contributed by atoms with Gasteiger partial charge in [0.15, 0.2) is 5.65 Å². The number of aromatic amines is 1. The molecule has 1 atom stereocenters. The van der Waals surface area contributed by atoms with Gasteiger partial charge in [-0.3, -0.25) is 0 Å². The van der Waals surface area contributed by atoms with Crippen LogP contribution in [-0.4, -0.2) is 65.5 Å². The van der Waals surface area contributed by atoms with E-state index in [9.17, 15) is 16.8 Å². The zero-order valence-corrected chi connectivity index (χ0v) is 25.1. The summed E-state index contributed by atoms with van der Waals surface area (Å²) in [6, 6.07) is 7.40. The molecule has 0 bridgehead atoms. The molecule has 4 heterocycles. The van der Waals surface area contributed by atoms with Gasteiger partial charge in [-0.15, -0.1) is 0 Å². The number of hydrogen-bond donors (Lipinski definition) is 3. The third-order valence-corrected chi connectivity index (χ3v) is 10.2. The first-order chi connectivity index (χ1) is 18.8. The van der Waals surface area contributed by atoms with Crippen LogP contribution < -0.4 is 10.5 Å². The molecular weight excluding hydrogens is 574 g/mol. The van der Waals surface area contributed by atoms with Gasteiger partial charge in [0.2, 0.25) is 20.0 Å². The summed E-state index contributed by atoms with van der Waals surface area (Å²) in [7, 11) is -6.93. The van der Waals surface area contributed by atoms with Gasteiger partial charge in [-0.1, -0.05) is 23.7 Å². The number of halogens is 1. The van der Waals surface area contributed by atoms with E-state index in [4.69, 9.17) is 21.7 Å². The highest BCUT2D eigenvalue weighted by Crippen LogP contribution is 2.35. The number of nitrogens with zero attached hydrogens (tertiary/aromatic N) is 4. The van der Waals surface area contributed by atoms with Crippen LogP contribution in [-0.2, 0) is 25.8 Å². The van der Waals surface area contributed by atoms with Crippen LogP contribution in [0, 0.1) is 20.8 Å². The van der Waals surface area contributed by atoms with Crippen LogP contribution >= 0.6 is 11.6 Å². The second-order valence-corrected chi connectivity index (χ2v) is 14.5. The minimum absolute atomic E-state index is 0.0677. The number of primary sulfonamides is 1. The minimum Gasteiger partial charge on any atom is -0.378 e.